The summed E-state index contributed by atoms with van der Waals surface area (Å²) in [6.07, 6.45) is 0. The zero-order chi connectivity index (χ0) is 16.8. The molecule has 7 heteroatoms. The Morgan fingerprint density at radius 2 is 1.78 bits per heavy atom. The summed E-state index contributed by atoms with van der Waals surface area (Å²) in [5.41, 5.74) is -0.0916. The molecular weight excluding hydrogens is 308 g/mol. The van der Waals surface area contributed by atoms with Gasteiger partial charge in [0.1, 0.15) is 17.4 Å². The Bertz CT molecular complexity index is 717. The van der Waals surface area contributed by atoms with Gasteiger partial charge < -0.3 is 14.8 Å². The van der Waals surface area contributed by atoms with Crippen LogP contribution in [0.25, 0.3) is 0 Å². The molecule has 23 heavy (non-hydrogen) atoms. The largest absolute Gasteiger partial charge is 0.497 e. The fourth-order valence-corrected chi connectivity index (χ4v) is 1.73. The third-order valence-electron chi connectivity index (χ3n) is 2.86. The summed E-state index contributed by atoms with van der Waals surface area (Å²) < 4.78 is 36.0. The number of halogens is 2. The Hall–Kier alpha value is -2.96. The molecule has 0 aliphatic carbocycles. The summed E-state index contributed by atoms with van der Waals surface area (Å²) in [6, 6.07) is 8.88. The van der Waals surface area contributed by atoms with Crippen LogP contribution in [-0.4, -0.2) is 25.6 Å². The molecule has 0 aliphatic heterocycles. The Morgan fingerprint density at radius 1 is 1.09 bits per heavy atom. The number of ether oxygens (including phenoxy) is 2. The van der Waals surface area contributed by atoms with E-state index >= 15 is 0 Å². The van der Waals surface area contributed by atoms with E-state index in [1.54, 1.807) is 24.3 Å². The molecule has 2 aromatic carbocycles. The molecule has 0 radical (unpaired) electrons. The van der Waals surface area contributed by atoms with Crippen LogP contribution in [-0.2, 0) is 9.53 Å². The van der Waals surface area contributed by atoms with Gasteiger partial charge in [-0.2, -0.15) is 0 Å². The number of carbonyl (C=O) groups excluding carboxylic acids is 2. The van der Waals surface area contributed by atoms with Gasteiger partial charge in [0.05, 0.1) is 12.7 Å². The molecule has 0 saturated carbocycles. The van der Waals surface area contributed by atoms with Crippen LogP contribution >= 0.6 is 0 Å². The van der Waals surface area contributed by atoms with E-state index in [1.807, 2.05) is 0 Å². The third-order valence-corrected chi connectivity index (χ3v) is 2.86. The summed E-state index contributed by atoms with van der Waals surface area (Å²) >= 11 is 0. The van der Waals surface area contributed by atoms with Crippen LogP contribution in [0, 0.1) is 11.6 Å². The van der Waals surface area contributed by atoms with Crippen molar-refractivity contribution in [3.05, 3.63) is 59.7 Å². The summed E-state index contributed by atoms with van der Waals surface area (Å²) in [4.78, 5) is 23.3. The second-order valence-electron chi connectivity index (χ2n) is 4.48. The molecular formula is C16H13F2NO4. The van der Waals surface area contributed by atoms with Crippen molar-refractivity contribution in [2.24, 2.45) is 0 Å². The lowest BCUT2D eigenvalue weighted by Crippen LogP contribution is -2.21. The van der Waals surface area contributed by atoms with Crippen LogP contribution in [0.4, 0.5) is 14.5 Å². The summed E-state index contributed by atoms with van der Waals surface area (Å²) in [5.74, 6) is -2.81. The molecule has 0 bridgehead atoms. The van der Waals surface area contributed by atoms with Crippen LogP contribution in [0.15, 0.2) is 42.5 Å². The minimum Gasteiger partial charge on any atom is -0.497 e. The van der Waals surface area contributed by atoms with Crippen molar-refractivity contribution in [2.45, 2.75) is 0 Å². The SMILES string of the molecule is COc1ccc(NC(=O)COC(=O)c2cc(F)ccc2F)cc1. The van der Waals surface area contributed by atoms with Crippen LogP contribution in [0.3, 0.4) is 0 Å². The van der Waals surface area contributed by atoms with E-state index in [-0.39, 0.29) is 0 Å². The molecule has 0 spiro atoms. The van der Waals surface area contributed by atoms with Crippen molar-refractivity contribution in [1.29, 1.82) is 0 Å². The Labute approximate surface area is 130 Å². The maximum absolute atomic E-state index is 13.4. The van der Waals surface area contributed by atoms with Gasteiger partial charge >= 0.3 is 5.97 Å². The van der Waals surface area contributed by atoms with Crippen LogP contribution in [0.1, 0.15) is 10.4 Å². The zero-order valence-corrected chi connectivity index (χ0v) is 12.1. The van der Waals surface area contributed by atoms with Crippen molar-refractivity contribution in [1.82, 2.24) is 0 Å². The van der Waals surface area contributed by atoms with Gasteiger partial charge in [-0.1, -0.05) is 0 Å². The number of rotatable bonds is 5. The van der Waals surface area contributed by atoms with Gasteiger partial charge in [0, 0.05) is 5.69 Å². The fourth-order valence-electron chi connectivity index (χ4n) is 1.73. The Morgan fingerprint density at radius 3 is 2.43 bits per heavy atom. The van der Waals surface area contributed by atoms with Gasteiger partial charge in [0.25, 0.3) is 5.91 Å². The highest BCUT2D eigenvalue weighted by Gasteiger charge is 2.15. The second-order valence-corrected chi connectivity index (χ2v) is 4.48. The molecule has 1 N–H and O–H groups in total. The molecule has 0 aromatic heterocycles. The third kappa shape index (κ3) is 4.50. The average Bonchev–Trinajstić information content (AvgIpc) is 2.55. The minimum atomic E-state index is -1.12. The lowest BCUT2D eigenvalue weighted by Gasteiger charge is -2.08. The van der Waals surface area contributed by atoms with Gasteiger partial charge in [0.15, 0.2) is 6.61 Å². The summed E-state index contributed by atoms with van der Waals surface area (Å²) in [6.45, 7) is -0.624. The fraction of sp³-hybridized carbons (Fsp3) is 0.125. The molecule has 0 heterocycles. The van der Waals surface area contributed by atoms with Crippen molar-refractivity contribution in [3.63, 3.8) is 0 Å². The monoisotopic (exact) mass is 321 g/mol. The van der Waals surface area contributed by atoms with Crippen molar-refractivity contribution in [3.8, 4) is 5.75 Å². The molecule has 0 aliphatic rings. The second kappa shape index (κ2) is 7.35. The number of esters is 1. The van der Waals surface area contributed by atoms with E-state index in [2.05, 4.69) is 10.1 Å². The number of hydrogen-bond donors (Lipinski definition) is 1. The van der Waals surface area contributed by atoms with E-state index in [9.17, 15) is 18.4 Å². The standard InChI is InChI=1S/C16H13F2NO4/c1-22-12-5-3-11(4-6-12)19-15(20)9-23-16(21)13-8-10(17)2-7-14(13)18/h2-8H,9H2,1H3,(H,19,20). The number of carbonyl (C=O) groups is 2. The van der Waals surface area contributed by atoms with E-state index in [4.69, 9.17) is 4.74 Å². The number of anilines is 1. The Balaban J connectivity index is 1.90. The highest BCUT2D eigenvalue weighted by Crippen LogP contribution is 2.15. The number of amides is 1. The first-order chi connectivity index (χ1) is 11.0. The maximum atomic E-state index is 13.4. The van der Waals surface area contributed by atoms with Gasteiger partial charge in [-0.15, -0.1) is 0 Å². The molecule has 2 aromatic rings. The molecule has 0 fully saturated rings. The summed E-state index contributed by atoms with van der Waals surface area (Å²) in [5, 5.41) is 2.49. The van der Waals surface area contributed by atoms with Crippen molar-refractivity contribution < 1.29 is 27.8 Å². The predicted octanol–water partition coefficient (Wildman–Crippen LogP) is 2.77. The van der Waals surface area contributed by atoms with Crippen molar-refractivity contribution >= 4 is 17.6 Å². The molecule has 5 nitrogen and oxygen atoms in total. The van der Waals surface area contributed by atoms with Gasteiger partial charge in [-0.05, 0) is 42.5 Å². The van der Waals surface area contributed by atoms with Gasteiger partial charge in [-0.3, -0.25) is 4.79 Å². The summed E-state index contributed by atoms with van der Waals surface area (Å²) in [7, 11) is 1.51. The molecule has 0 atom stereocenters. The van der Waals surface area contributed by atoms with Gasteiger partial charge in [0.2, 0.25) is 0 Å². The molecule has 0 unspecified atom stereocenters. The number of nitrogens with one attached hydrogen (secondary N) is 1. The van der Waals surface area contributed by atoms with Crippen LogP contribution in [0.2, 0.25) is 0 Å². The maximum Gasteiger partial charge on any atom is 0.341 e. The highest BCUT2D eigenvalue weighted by molar-refractivity contribution is 5.95. The zero-order valence-electron chi connectivity index (χ0n) is 12.1. The topological polar surface area (TPSA) is 64.6 Å². The molecule has 2 rings (SSSR count). The van der Waals surface area contributed by atoms with Crippen LogP contribution in [0.5, 0.6) is 5.75 Å². The van der Waals surface area contributed by atoms with Gasteiger partial charge in [-0.25, -0.2) is 13.6 Å². The quantitative estimate of drug-likeness (QED) is 0.860. The molecule has 120 valence electrons. The lowest BCUT2D eigenvalue weighted by atomic mass is 10.2. The van der Waals surface area contributed by atoms with E-state index in [0.717, 1.165) is 12.1 Å². The van der Waals surface area contributed by atoms with E-state index in [0.29, 0.717) is 17.5 Å². The molecule has 0 saturated heterocycles. The molecule has 1 amide bonds. The lowest BCUT2D eigenvalue weighted by molar-refractivity contribution is -0.119. The smallest absolute Gasteiger partial charge is 0.341 e. The van der Waals surface area contributed by atoms with Crippen molar-refractivity contribution in [2.75, 3.05) is 19.0 Å². The van der Waals surface area contributed by atoms with E-state index < -0.39 is 35.7 Å². The average molecular weight is 321 g/mol. The normalized spacial score (nSPS) is 10.0. The first-order valence-electron chi connectivity index (χ1n) is 6.55. The Kier molecular flexibility index (Phi) is 5.24. The first kappa shape index (κ1) is 16.4. The van der Waals surface area contributed by atoms with Crippen LogP contribution < -0.4 is 10.1 Å². The minimum absolute atomic E-state index is 0.476. The highest BCUT2D eigenvalue weighted by atomic mass is 19.1. The predicted molar refractivity (Wildman–Crippen MR) is 78.3 cm³/mol. The number of benzene rings is 2. The number of methoxy groups -OCH3 is 1. The van der Waals surface area contributed by atoms with E-state index in [1.165, 1.54) is 7.11 Å². The number of hydrogen-bond acceptors (Lipinski definition) is 4. The first-order valence-corrected chi connectivity index (χ1v) is 6.55.